The first-order chi connectivity index (χ1) is 13.5. The second kappa shape index (κ2) is 6.78. The fraction of sp³-hybridized carbons (Fsp3) is 0.565. The molecule has 1 amide bonds. The maximum Gasteiger partial charge on any atom is 0.229 e. The minimum Gasteiger partial charge on any atom is -0.486 e. The van der Waals surface area contributed by atoms with E-state index in [9.17, 15) is 4.79 Å². The van der Waals surface area contributed by atoms with Gasteiger partial charge in [0.2, 0.25) is 5.91 Å². The molecule has 2 atom stereocenters. The Hall–Kier alpha value is -2.50. The van der Waals surface area contributed by atoms with E-state index < -0.39 is 0 Å². The van der Waals surface area contributed by atoms with Gasteiger partial charge >= 0.3 is 0 Å². The molecule has 0 saturated heterocycles. The van der Waals surface area contributed by atoms with Gasteiger partial charge in [-0.05, 0) is 50.8 Å². The number of nitrogens with one attached hydrogen (secondary N) is 1. The number of hydrogen-bond donors (Lipinski definition) is 1. The summed E-state index contributed by atoms with van der Waals surface area (Å²) >= 11 is 0. The Morgan fingerprint density at radius 2 is 1.76 bits per heavy atom. The van der Waals surface area contributed by atoms with Crippen molar-refractivity contribution < 1.29 is 14.3 Å². The fourth-order valence-corrected chi connectivity index (χ4v) is 3.71. The SMILES string of the molecule is CC(C)(C)c1cc(NC(=O)[C@@H]2C[C@@H]2c2ccc3c(c2)OCCO3)n(C(C)(C)C)n1. The van der Waals surface area contributed by atoms with E-state index in [-0.39, 0.29) is 28.7 Å². The zero-order valence-corrected chi connectivity index (χ0v) is 18.2. The second-order valence-electron chi connectivity index (χ2n) is 10.1. The van der Waals surface area contributed by atoms with Crippen molar-refractivity contribution in [2.75, 3.05) is 18.5 Å². The first-order valence-corrected chi connectivity index (χ1v) is 10.4. The summed E-state index contributed by atoms with van der Waals surface area (Å²) in [5.41, 5.74) is 1.81. The number of carbonyl (C=O) groups excluding carboxylic acids is 1. The number of benzene rings is 1. The van der Waals surface area contributed by atoms with Crippen molar-refractivity contribution in [1.82, 2.24) is 9.78 Å². The fourth-order valence-electron chi connectivity index (χ4n) is 3.71. The molecule has 1 aromatic heterocycles. The number of fused-ring (bicyclic) bond motifs is 1. The number of anilines is 1. The highest BCUT2D eigenvalue weighted by Gasteiger charge is 2.44. The molecule has 0 bridgehead atoms. The summed E-state index contributed by atoms with van der Waals surface area (Å²) in [4.78, 5) is 13.0. The van der Waals surface area contributed by atoms with Crippen LogP contribution in [0.2, 0.25) is 0 Å². The van der Waals surface area contributed by atoms with Crippen molar-refractivity contribution in [3.05, 3.63) is 35.5 Å². The third kappa shape index (κ3) is 3.98. The number of ether oxygens (including phenoxy) is 2. The molecule has 156 valence electrons. The molecule has 6 nitrogen and oxygen atoms in total. The van der Waals surface area contributed by atoms with Crippen LogP contribution in [-0.4, -0.2) is 28.9 Å². The van der Waals surface area contributed by atoms with Crippen molar-refractivity contribution >= 4 is 11.7 Å². The van der Waals surface area contributed by atoms with Gasteiger partial charge in [0.25, 0.3) is 0 Å². The van der Waals surface area contributed by atoms with Gasteiger partial charge in [-0.3, -0.25) is 4.79 Å². The van der Waals surface area contributed by atoms with Gasteiger partial charge in [0.05, 0.1) is 11.2 Å². The molecule has 4 rings (SSSR count). The summed E-state index contributed by atoms with van der Waals surface area (Å²) in [7, 11) is 0. The summed E-state index contributed by atoms with van der Waals surface area (Å²) in [5.74, 6) is 2.57. The lowest BCUT2D eigenvalue weighted by Gasteiger charge is -2.23. The zero-order chi connectivity index (χ0) is 21.0. The Kier molecular flexibility index (Phi) is 4.63. The molecule has 0 unspecified atom stereocenters. The summed E-state index contributed by atoms with van der Waals surface area (Å²) in [5, 5.41) is 7.92. The highest BCUT2D eigenvalue weighted by atomic mass is 16.6. The van der Waals surface area contributed by atoms with E-state index in [1.54, 1.807) is 0 Å². The van der Waals surface area contributed by atoms with E-state index in [2.05, 4.69) is 46.9 Å². The third-order valence-electron chi connectivity index (χ3n) is 5.49. The second-order valence-corrected chi connectivity index (χ2v) is 10.1. The number of nitrogens with zero attached hydrogens (tertiary/aromatic N) is 2. The molecule has 29 heavy (non-hydrogen) atoms. The predicted molar refractivity (Wildman–Crippen MR) is 113 cm³/mol. The normalized spacial score (nSPS) is 21.0. The summed E-state index contributed by atoms with van der Waals surface area (Å²) in [6.45, 7) is 13.8. The number of carbonyl (C=O) groups is 1. The first-order valence-electron chi connectivity index (χ1n) is 10.4. The van der Waals surface area contributed by atoms with Crippen LogP contribution in [0.1, 0.15) is 65.1 Å². The van der Waals surface area contributed by atoms with Crippen LogP contribution in [0.15, 0.2) is 24.3 Å². The maximum absolute atomic E-state index is 13.0. The monoisotopic (exact) mass is 397 g/mol. The lowest BCUT2D eigenvalue weighted by atomic mass is 9.92. The summed E-state index contributed by atoms with van der Waals surface area (Å²) in [6, 6.07) is 8.01. The van der Waals surface area contributed by atoms with E-state index in [1.165, 1.54) is 0 Å². The Bertz CT molecular complexity index is 934. The van der Waals surface area contributed by atoms with Crippen LogP contribution in [0.3, 0.4) is 0 Å². The van der Waals surface area contributed by atoms with Crippen LogP contribution in [0.25, 0.3) is 0 Å². The van der Waals surface area contributed by atoms with Crippen molar-refractivity contribution in [3.63, 3.8) is 0 Å². The molecular formula is C23H31N3O3. The molecule has 6 heteroatoms. The Balaban J connectivity index is 1.50. The maximum atomic E-state index is 13.0. The van der Waals surface area contributed by atoms with Crippen LogP contribution < -0.4 is 14.8 Å². The quantitative estimate of drug-likeness (QED) is 0.831. The molecule has 1 saturated carbocycles. The highest BCUT2D eigenvalue weighted by molar-refractivity contribution is 5.94. The van der Waals surface area contributed by atoms with E-state index in [4.69, 9.17) is 14.6 Å². The van der Waals surface area contributed by atoms with Gasteiger partial charge < -0.3 is 14.8 Å². The third-order valence-corrected chi connectivity index (χ3v) is 5.49. The van der Waals surface area contributed by atoms with E-state index in [0.29, 0.717) is 13.2 Å². The molecule has 1 aliphatic carbocycles. The predicted octanol–water partition coefficient (Wildman–Crippen LogP) is 4.45. The first kappa shape index (κ1) is 19.8. The highest BCUT2D eigenvalue weighted by Crippen LogP contribution is 2.50. The summed E-state index contributed by atoms with van der Waals surface area (Å²) < 4.78 is 13.2. The number of amides is 1. The Morgan fingerprint density at radius 3 is 2.41 bits per heavy atom. The van der Waals surface area contributed by atoms with Gasteiger partial charge in [0.15, 0.2) is 11.5 Å². The average Bonchev–Trinajstić information content (AvgIpc) is 3.32. The smallest absolute Gasteiger partial charge is 0.229 e. The van der Waals surface area contributed by atoms with Gasteiger partial charge in [-0.25, -0.2) is 4.68 Å². The number of hydrogen-bond acceptors (Lipinski definition) is 4. The van der Waals surface area contributed by atoms with Gasteiger partial charge in [-0.2, -0.15) is 5.10 Å². The molecule has 1 aromatic carbocycles. The van der Waals surface area contributed by atoms with Crippen LogP contribution in [0.4, 0.5) is 5.82 Å². The molecule has 1 N–H and O–H groups in total. The molecule has 2 heterocycles. The lowest BCUT2D eigenvalue weighted by Crippen LogP contribution is -2.27. The summed E-state index contributed by atoms with van der Waals surface area (Å²) in [6.07, 6.45) is 0.848. The van der Waals surface area contributed by atoms with E-state index >= 15 is 0 Å². The molecule has 1 fully saturated rings. The van der Waals surface area contributed by atoms with Gasteiger partial charge in [-0.15, -0.1) is 0 Å². The van der Waals surface area contributed by atoms with E-state index in [0.717, 1.165) is 35.0 Å². The zero-order valence-electron chi connectivity index (χ0n) is 18.2. The molecule has 1 aliphatic heterocycles. The van der Waals surface area contributed by atoms with Crippen LogP contribution in [0, 0.1) is 5.92 Å². The minimum absolute atomic E-state index is 0.0287. The van der Waals surface area contributed by atoms with Crippen LogP contribution in [-0.2, 0) is 15.7 Å². The Labute approximate surface area is 172 Å². The van der Waals surface area contributed by atoms with Crippen molar-refractivity contribution in [1.29, 1.82) is 0 Å². The largest absolute Gasteiger partial charge is 0.486 e. The molecule has 0 radical (unpaired) electrons. The standard InChI is InChI=1S/C23H31N3O3/c1-22(2,3)19-13-20(26(25-19)23(4,5)6)24-21(27)16-12-15(16)14-7-8-17-18(11-14)29-10-9-28-17/h7-8,11,13,15-16H,9-10,12H2,1-6H3,(H,24,27)/t15-,16-/m1/s1. The van der Waals surface area contributed by atoms with Crippen LogP contribution in [0.5, 0.6) is 11.5 Å². The van der Waals surface area contributed by atoms with E-state index in [1.807, 2.05) is 28.9 Å². The van der Waals surface area contributed by atoms with Gasteiger partial charge in [0, 0.05) is 17.4 Å². The van der Waals surface area contributed by atoms with Crippen molar-refractivity contribution in [2.45, 2.75) is 64.8 Å². The molecule has 2 aromatic rings. The van der Waals surface area contributed by atoms with Crippen molar-refractivity contribution in [3.8, 4) is 11.5 Å². The van der Waals surface area contributed by atoms with Gasteiger partial charge in [-0.1, -0.05) is 26.8 Å². The molecule has 0 spiro atoms. The van der Waals surface area contributed by atoms with Gasteiger partial charge in [0.1, 0.15) is 19.0 Å². The topological polar surface area (TPSA) is 65.4 Å². The molecule has 2 aliphatic rings. The number of aromatic nitrogens is 2. The minimum atomic E-state index is -0.217. The van der Waals surface area contributed by atoms with Crippen molar-refractivity contribution in [2.24, 2.45) is 5.92 Å². The van der Waals surface area contributed by atoms with Crippen LogP contribution >= 0.6 is 0 Å². The Morgan fingerprint density at radius 1 is 1.07 bits per heavy atom. The number of rotatable bonds is 3. The average molecular weight is 398 g/mol. The molecular weight excluding hydrogens is 366 g/mol. The lowest BCUT2D eigenvalue weighted by molar-refractivity contribution is -0.117.